The maximum atomic E-state index is 6.12. The molecule has 0 spiro atoms. The molecule has 2 fully saturated rings. The summed E-state index contributed by atoms with van der Waals surface area (Å²) in [6.07, 6.45) is 10.1. The molecule has 1 aliphatic carbocycles. The second-order valence-corrected chi connectivity index (χ2v) is 6.15. The molecule has 0 aromatic carbocycles. The minimum absolute atomic E-state index is 0.0627. The van der Waals surface area contributed by atoms with Gasteiger partial charge >= 0.3 is 0 Å². The first-order valence-electron chi connectivity index (χ1n) is 7.74. The fourth-order valence-corrected chi connectivity index (χ4v) is 3.89. The second-order valence-electron chi connectivity index (χ2n) is 6.15. The summed E-state index contributed by atoms with van der Waals surface area (Å²) < 4.78 is 0. The fraction of sp³-hybridized carbons (Fsp3) is 0.688. The van der Waals surface area contributed by atoms with Gasteiger partial charge in [0.1, 0.15) is 5.82 Å². The van der Waals surface area contributed by atoms with Crippen LogP contribution in [-0.4, -0.2) is 17.6 Å². The summed E-state index contributed by atoms with van der Waals surface area (Å²) in [5.41, 5.74) is 7.33. The van der Waals surface area contributed by atoms with Gasteiger partial charge in [0.25, 0.3) is 0 Å². The summed E-state index contributed by atoms with van der Waals surface area (Å²) in [5.74, 6) is 2.03. The van der Waals surface area contributed by atoms with Gasteiger partial charge < -0.3 is 10.6 Å². The lowest BCUT2D eigenvalue weighted by molar-refractivity contribution is 0.242. The summed E-state index contributed by atoms with van der Waals surface area (Å²) >= 11 is 0. The summed E-state index contributed by atoms with van der Waals surface area (Å²) in [4.78, 5) is 7.22. The number of hydrogen-bond donors (Lipinski definition) is 1. The summed E-state index contributed by atoms with van der Waals surface area (Å²) in [5, 5.41) is 0. The molecule has 1 aliphatic heterocycles. The van der Waals surface area contributed by atoms with Crippen molar-refractivity contribution in [3.05, 3.63) is 23.9 Å². The van der Waals surface area contributed by atoms with Gasteiger partial charge in [0, 0.05) is 30.4 Å². The molecule has 2 N–H and O–H groups in total. The molecule has 1 aromatic rings. The van der Waals surface area contributed by atoms with E-state index < -0.39 is 0 Å². The van der Waals surface area contributed by atoms with Crippen LogP contribution in [0.15, 0.2) is 18.3 Å². The molecule has 2 aliphatic rings. The van der Waals surface area contributed by atoms with Crippen molar-refractivity contribution in [2.24, 2.45) is 11.7 Å². The number of nitrogens with two attached hydrogens (primary N) is 1. The molecule has 1 aromatic heterocycles. The number of pyridine rings is 1. The first kappa shape index (κ1) is 12.9. The van der Waals surface area contributed by atoms with Gasteiger partial charge in [0.05, 0.1) is 0 Å². The van der Waals surface area contributed by atoms with Gasteiger partial charge in [-0.3, -0.25) is 0 Å². The van der Waals surface area contributed by atoms with Gasteiger partial charge in [-0.1, -0.05) is 18.9 Å². The van der Waals surface area contributed by atoms with Crippen LogP contribution in [0.2, 0.25) is 0 Å². The van der Waals surface area contributed by atoms with E-state index in [-0.39, 0.29) is 6.04 Å². The zero-order valence-corrected chi connectivity index (χ0v) is 11.9. The van der Waals surface area contributed by atoms with Crippen molar-refractivity contribution in [1.29, 1.82) is 0 Å². The van der Waals surface area contributed by atoms with E-state index in [0.29, 0.717) is 6.04 Å². The fourth-order valence-electron chi connectivity index (χ4n) is 3.89. The quantitative estimate of drug-likeness (QED) is 0.886. The van der Waals surface area contributed by atoms with E-state index in [1.54, 1.807) is 0 Å². The van der Waals surface area contributed by atoms with Crippen molar-refractivity contribution < 1.29 is 0 Å². The lowest BCUT2D eigenvalue weighted by Crippen LogP contribution is -2.47. The molecule has 1 saturated heterocycles. The van der Waals surface area contributed by atoms with Crippen LogP contribution in [0.1, 0.15) is 57.1 Å². The van der Waals surface area contributed by atoms with Crippen molar-refractivity contribution in [2.45, 2.75) is 57.5 Å². The Morgan fingerprint density at radius 1 is 1.26 bits per heavy atom. The Morgan fingerprint density at radius 2 is 2.05 bits per heavy atom. The molecule has 3 atom stereocenters. The second kappa shape index (κ2) is 5.49. The van der Waals surface area contributed by atoms with E-state index in [1.807, 2.05) is 12.3 Å². The van der Waals surface area contributed by atoms with Crippen LogP contribution in [0.3, 0.4) is 0 Å². The van der Waals surface area contributed by atoms with Crippen molar-refractivity contribution in [3.8, 4) is 0 Å². The van der Waals surface area contributed by atoms with Gasteiger partial charge in [-0.25, -0.2) is 4.98 Å². The molecule has 3 nitrogen and oxygen atoms in total. The smallest absolute Gasteiger partial charge is 0.133 e. The molecule has 104 valence electrons. The van der Waals surface area contributed by atoms with Crippen molar-refractivity contribution in [1.82, 2.24) is 4.98 Å². The molecule has 19 heavy (non-hydrogen) atoms. The SMILES string of the molecule is C[C@H](N)c1cccnc1N1CCCC2CCCCC21. The van der Waals surface area contributed by atoms with E-state index in [0.717, 1.165) is 18.3 Å². The number of aromatic nitrogens is 1. The third-order valence-electron chi connectivity index (χ3n) is 4.82. The Balaban J connectivity index is 1.91. The predicted octanol–water partition coefficient (Wildman–Crippen LogP) is 3.26. The number of rotatable bonds is 2. The van der Waals surface area contributed by atoms with Gasteiger partial charge in [0.2, 0.25) is 0 Å². The highest BCUT2D eigenvalue weighted by molar-refractivity contribution is 5.49. The molecule has 0 radical (unpaired) electrons. The number of hydrogen-bond acceptors (Lipinski definition) is 3. The Kier molecular flexibility index (Phi) is 3.74. The first-order chi connectivity index (χ1) is 9.27. The highest BCUT2D eigenvalue weighted by Crippen LogP contribution is 2.38. The van der Waals surface area contributed by atoms with Crippen molar-refractivity contribution >= 4 is 5.82 Å². The normalized spacial score (nSPS) is 28.8. The third kappa shape index (κ3) is 2.48. The number of nitrogens with zero attached hydrogens (tertiary/aromatic N) is 2. The lowest BCUT2D eigenvalue weighted by Gasteiger charge is -2.45. The van der Waals surface area contributed by atoms with Crippen LogP contribution in [-0.2, 0) is 0 Å². The Labute approximate surface area is 116 Å². The van der Waals surface area contributed by atoms with Gasteiger partial charge in [-0.15, -0.1) is 0 Å². The molecular weight excluding hydrogens is 234 g/mol. The van der Waals surface area contributed by atoms with Crippen LogP contribution < -0.4 is 10.6 Å². The van der Waals surface area contributed by atoms with E-state index in [4.69, 9.17) is 5.73 Å². The number of anilines is 1. The van der Waals surface area contributed by atoms with Crippen LogP contribution in [0.4, 0.5) is 5.82 Å². The number of fused-ring (bicyclic) bond motifs is 1. The average molecular weight is 259 g/mol. The van der Waals surface area contributed by atoms with E-state index in [2.05, 4.69) is 22.9 Å². The average Bonchev–Trinajstić information content (AvgIpc) is 2.46. The van der Waals surface area contributed by atoms with Crippen LogP contribution >= 0.6 is 0 Å². The lowest BCUT2D eigenvalue weighted by atomic mass is 9.78. The van der Waals surface area contributed by atoms with E-state index in [9.17, 15) is 0 Å². The molecular formula is C16H25N3. The molecule has 2 heterocycles. The maximum absolute atomic E-state index is 6.12. The Bertz CT molecular complexity index is 428. The highest BCUT2D eigenvalue weighted by Gasteiger charge is 2.34. The van der Waals surface area contributed by atoms with E-state index in [1.165, 1.54) is 44.1 Å². The third-order valence-corrected chi connectivity index (χ3v) is 4.82. The zero-order valence-electron chi connectivity index (χ0n) is 11.9. The number of piperidine rings is 1. The monoisotopic (exact) mass is 259 g/mol. The highest BCUT2D eigenvalue weighted by atomic mass is 15.2. The molecule has 3 heteroatoms. The van der Waals surface area contributed by atoms with Crippen LogP contribution in [0.5, 0.6) is 0 Å². The standard InChI is InChI=1S/C16H25N3/c1-12(17)14-8-4-10-18-16(14)19-11-5-7-13-6-2-3-9-15(13)19/h4,8,10,12-13,15H,2-3,5-7,9,11,17H2,1H3/t12-,13?,15?/m0/s1. The summed E-state index contributed by atoms with van der Waals surface area (Å²) in [6, 6.07) is 4.91. The molecule has 3 rings (SSSR count). The van der Waals surface area contributed by atoms with Gasteiger partial charge in [-0.2, -0.15) is 0 Å². The molecule has 0 amide bonds. The van der Waals surface area contributed by atoms with E-state index >= 15 is 0 Å². The van der Waals surface area contributed by atoms with Crippen molar-refractivity contribution in [2.75, 3.05) is 11.4 Å². The minimum Gasteiger partial charge on any atom is -0.353 e. The molecule has 2 unspecified atom stereocenters. The predicted molar refractivity (Wildman–Crippen MR) is 79.2 cm³/mol. The minimum atomic E-state index is 0.0627. The van der Waals surface area contributed by atoms with Crippen LogP contribution in [0.25, 0.3) is 0 Å². The zero-order chi connectivity index (χ0) is 13.2. The first-order valence-corrected chi connectivity index (χ1v) is 7.74. The van der Waals surface area contributed by atoms with Gasteiger partial charge in [-0.05, 0) is 44.6 Å². The van der Waals surface area contributed by atoms with Crippen LogP contribution in [0, 0.1) is 5.92 Å². The summed E-state index contributed by atoms with van der Waals surface area (Å²) in [6.45, 7) is 3.21. The topological polar surface area (TPSA) is 42.1 Å². The summed E-state index contributed by atoms with van der Waals surface area (Å²) in [7, 11) is 0. The Morgan fingerprint density at radius 3 is 2.89 bits per heavy atom. The molecule has 0 bridgehead atoms. The Hall–Kier alpha value is -1.09. The molecule has 1 saturated carbocycles. The maximum Gasteiger partial charge on any atom is 0.133 e. The largest absolute Gasteiger partial charge is 0.353 e. The van der Waals surface area contributed by atoms with Crippen molar-refractivity contribution in [3.63, 3.8) is 0 Å². The van der Waals surface area contributed by atoms with Gasteiger partial charge in [0.15, 0.2) is 0 Å².